The van der Waals surface area contributed by atoms with E-state index in [1.54, 1.807) is 36.4 Å². The highest BCUT2D eigenvalue weighted by atomic mass is 16.3. The van der Waals surface area contributed by atoms with Crippen LogP contribution in [0.2, 0.25) is 0 Å². The summed E-state index contributed by atoms with van der Waals surface area (Å²) in [5, 5.41) is 48.4. The minimum absolute atomic E-state index is 0.0569. The van der Waals surface area contributed by atoms with Gasteiger partial charge in [0.15, 0.2) is 0 Å². The van der Waals surface area contributed by atoms with Crippen LogP contribution in [0, 0.1) is 0 Å². The highest BCUT2D eigenvalue weighted by molar-refractivity contribution is 5.89. The fourth-order valence-electron chi connectivity index (χ4n) is 4.82. The first-order valence-electron chi connectivity index (χ1n) is 15.7. The van der Waals surface area contributed by atoms with Crippen LogP contribution in [0.4, 0.5) is 17.1 Å². The van der Waals surface area contributed by atoms with Gasteiger partial charge in [-0.25, -0.2) is 10.9 Å². The molecule has 246 valence electrons. The Kier molecular flexibility index (Phi) is 13.7. The van der Waals surface area contributed by atoms with Crippen molar-refractivity contribution in [1.82, 2.24) is 10.9 Å². The molecule has 0 radical (unpaired) electrons. The van der Waals surface area contributed by atoms with Crippen molar-refractivity contribution >= 4 is 41.7 Å². The number of nitrogens with one attached hydrogen (secondary N) is 2. The molecule has 3 aromatic carbocycles. The molecule has 0 saturated carbocycles. The van der Waals surface area contributed by atoms with Crippen molar-refractivity contribution in [2.24, 2.45) is 20.4 Å². The van der Waals surface area contributed by atoms with Crippen molar-refractivity contribution in [3.8, 4) is 17.2 Å². The third kappa shape index (κ3) is 9.62. The summed E-state index contributed by atoms with van der Waals surface area (Å²) in [6, 6.07) is 16.2. The normalized spacial score (nSPS) is 11.3. The predicted octanol–water partition coefficient (Wildman–Crippen LogP) is 5.28. The third-order valence-electron chi connectivity index (χ3n) is 7.53. The number of rotatable bonds is 15. The summed E-state index contributed by atoms with van der Waals surface area (Å²) in [7, 11) is 0. The van der Waals surface area contributed by atoms with Gasteiger partial charge in [0.1, 0.15) is 17.2 Å². The summed E-state index contributed by atoms with van der Waals surface area (Å²) >= 11 is 0. The molecule has 46 heavy (non-hydrogen) atoms. The first kappa shape index (κ1) is 35.2. The van der Waals surface area contributed by atoms with Crippen molar-refractivity contribution < 1.29 is 15.3 Å². The summed E-state index contributed by atoms with van der Waals surface area (Å²) in [6.07, 6.45) is 4.34. The van der Waals surface area contributed by atoms with Gasteiger partial charge in [0.25, 0.3) is 5.96 Å². The van der Waals surface area contributed by atoms with E-state index in [1.165, 1.54) is 18.6 Å². The number of hydrazone groups is 2. The highest BCUT2D eigenvalue weighted by Gasteiger charge is 2.08. The van der Waals surface area contributed by atoms with Crippen molar-refractivity contribution in [3.05, 3.63) is 71.3 Å². The SMILES string of the molecule is CCN(CC)c1ccc(C=NN=C(NN=Cc2ccc(N(CC)CC)cc2O)NN=Cc2ccc(N(CC)CC)cc2O)c(O)c1. The minimum atomic E-state index is 0.0569. The summed E-state index contributed by atoms with van der Waals surface area (Å²) in [5.41, 5.74) is 9.76. The molecule has 0 fully saturated rings. The molecule has 0 aliphatic heterocycles. The topological polar surface area (TPSA) is 144 Å². The molecule has 3 rings (SSSR count). The molecule has 0 atom stereocenters. The molecule has 12 nitrogen and oxygen atoms in total. The molecule has 12 heteroatoms. The molecule has 0 spiro atoms. The Morgan fingerprint density at radius 2 is 0.870 bits per heavy atom. The number of phenols is 3. The Morgan fingerprint density at radius 1 is 0.543 bits per heavy atom. The number of hydrogen-bond acceptors (Lipinski definition) is 10. The molecule has 0 saturated heterocycles. The van der Waals surface area contributed by atoms with E-state index in [1.807, 2.05) is 18.2 Å². The molecule has 0 aliphatic rings. The van der Waals surface area contributed by atoms with E-state index < -0.39 is 0 Å². The molecule has 0 bridgehead atoms. The lowest BCUT2D eigenvalue weighted by molar-refractivity contribution is 0.474. The minimum Gasteiger partial charge on any atom is -0.507 e. The number of aromatic hydroxyl groups is 3. The Hall–Kier alpha value is -5.26. The van der Waals surface area contributed by atoms with Gasteiger partial charge in [0.2, 0.25) is 0 Å². The van der Waals surface area contributed by atoms with Crippen LogP contribution in [0.15, 0.2) is 75.0 Å². The molecule has 0 aromatic heterocycles. The molecule has 0 unspecified atom stereocenters. The van der Waals surface area contributed by atoms with Crippen molar-refractivity contribution in [2.75, 3.05) is 54.0 Å². The van der Waals surface area contributed by atoms with Gasteiger partial charge in [-0.1, -0.05) is 0 Å². The number of benzene rings is 3. The first-order valence-corrected chi connectivity index (χ1v) is 15.7. The van der Waals surface area contributed by atoms with Crippen molar-refractivity contribution in [2.45, 2.75) is 41.5 Å². The lowest BCUT2D eigenvalue weighted by Gasteiger charge is -2.21. The van der Waals surface area contributed by atoms with Gasteiger partial charge in [-0.05, 0) is 77.9 Å². The quantitative estimate of drug-likeness (QED) is 0.0868. The van der Waals surface area contributed by atoms with Gasteiger partial charge in [0.05, 0.1) is 18.6 Å². The highest BCUT2D eigenvalue weighted by Crippen LogP contribution is 2.25. The molecular weight excluding hydrogens is 582 g/mol. The van der Waals surface area contributed by atoms with Gasteiger partial charge in [0, 0.05) is 91.2 Å². The van der Waals surface area contributed by atoms with Crippen molar-refractivity contribution in [3.63, 3.8) is 0 Å². The fraction of sp³-hybridized carbons (Fsp3) is 0.353. The van der Waals surface area contributed by atoms with Gasteiger partial charge in [-0.15, -0.1) is 5.10 Å². The zero-order valence-electron chi connectivity index (χ0n) is 27.6. The Labute approximate surface area is 272 Å². The second-order valence-electron chi connectivity index (χ2n) is 10.2. The maximum atomic E-state index is 10.6. The average Bonchev–Trinajstić information content (AvgIpc) is 3.05. The summed E-state index contributed by atoms with van der Waals surface area (Å²) in [5.74, 6) is 0.310. The number of anilines is 3. The van der Waals surface area contributed by atoms with E-state index in [9.17, 15) is 15.3 Å². The van der Waals surface area contributed by atoms with E-state index in [2.05, 4.69) is 87.5 Å². The Morgan fingerprint density at radius 3 is 1.17 bits per heavy atom. The maximum Gasteiger partial charge on any atom is 0.257 e. The van der Waals surface area contributed by atoms with E-state index in [0.717, 1.165) is 56.3 Å². The standard InChI is InChI=1S/C34H47N9O3/c1-7-41(8-2)28-16-13-25(31(44)19-28)22-35-38-34(39-36-23-26-14-17-29(20-32(26)45)42(9-3)10-4)40-37-24-27-15-18-30(21-33(27)46)43(11-5)12-6/h13-24,44-46H,7-12H2,1-6H3,(H2,38,39,40). The van der Waals surface area contributed by atoms with E-state index in [4.69, 9.17) is 0 Å². The second kappa shape index (κ2) is 17.9. The molecule has 0 aliphatic carbocycles. The molecule has 0 amide bonds. The molecular formula is C34H47N9O3. The molecule has 5 N–H and O–H groups in total. The summed E-state index contributed by atoms with van der Waals surface area (Å²) in [6.45, 7) is 17.3. The van der Waals surface area contributed by atoms with Gasteiger partial charge >= 0.3 is 0 Å². The van der Waals surface area contributed by atoms with Crippen molar-refractivity contribution in [1.29, 1.82) is 0 Å². The smallest absolute Gasteiger partial charge is 0.257 e. The van der Waals surface area contributed by atoms with Gasteiger partial charge < -0.3 is 30.0 Å². The number of nitrogens with zero attached hydrogens (tertiary/aromatic N) is 7. The van der Waals surface area contributed by atoms with Gasteiger partial charge in [-0.3, -0.25) is 0 Å². The average molecular weight is 630 g/mol. The number of guanidine groups is 1. The second-order valence-corrected chi connectivity index (χ2v) is 10.2. The van der Waals surface area contributed by atoms with Crippen LogP contribution in [-0.4, -0.2) is 79.2 Å². The van der Waals surface area contributed by atoms with E-state index in [-0.39, 0.29) is 23.2 Å². The van der Waals surface area contributed by atoms with E-state index in [0.29, 0.717) is 16.7 Å². The van der Waals surface area contributed by atoms with Crippen LogP contribution in [0.3, 0.4) is 0 Å². The fourth-order valence-corrected chi connectivity index (χ4v) is 4.82. The third-order valence-corrected chi connectivity index (χ3v) is 7.53. The predicted molar refractivity (Wildman–Crippen MR) is 191 cm³/mol. The maximum absolute atomic E-state index is 10.6. The van der Waals surface area contributed by atoms with Crippen LogP contribution in [0.5, 0.6) is 17.2 Å². The zero-order valence-corrected chi connectivity index (χ0v) is 27.6. The largest absolute Gasteiger partial charge is 0.507 e. The monoisotopic (exact) mass is 629 g/mol. The molecule has 0 heterocycles. The zero-order chi connectivity index (χ0) is 33.5. The Bertz CT molecular complexity index is 1450. The van der Waals surface area contributed by atoms with Crippen LogP contribution in [-0.2, 0) is 0 Å². The van der Waals surface area contributed by atoms with Crippen LogP contribution in [0.25, 0.3) is 0 Å². The van der Waals surface area contributed by atoms with Gasteiger partial charge in [-0.2, -0.15) is 15.3 Å². The molecule has 3 aromatic rings. The first-order chi connectivity index (χ1) is 22.3. The lowest BCUT2D eigenvalue weighted by Crippen LogP contribution is -2.30. The van der Waals surface area contributed by atoms with E-state index >= 15 is 0 Å². The van der Waals surface area contributed by atoms with Crippen LogP contribution < -0.4 is 25.6 Å². The Balaban J connectivity index is 1.82. The van der Waals surface area contributed by atoms with Crippen LogP contribution in [0.1, 0.15) is 58.2 Å². The van der Waals surface area contributed by atoms with Crippen LogP contribution >= 0.6 is 0 Å². The number of phenolic OH excluding ortho intramolecular Hbond substituents is 3. The number of hydrogen-bond donors (Lipinski definition) is 5. The summed E-state index contributed by atoms with van der Waals surface area (Å²) in [4.78, 5) is 6.39. The summed E-state index contributed by atoms with van der Waals surface area (Å²) < 4.78 is 0. The lowest BCUT2D eigenvalue weighted by atomic mass is 10.2.